The lowest BCUT2D eigenvalue weighted by Crippen LogP contribution is -2.06. The highest BCUT2D eigenvalue weighted by molar-refractivity contribution is 5.48. The van der Waals surface area contributed by atoms with Gasteiger partial charge in [-0.3, -0.25) is 0 Å². The van der Waals surface area contributed by atoms with Gasteiger partial charge in [-0.2, -0.15) is 0 Å². The Hall–Kier alpha value is -2.75. The molecule has 0 aromatic heterocycles. The molecule has 4 heteroatoms. The first-order valence-electron chi connectivity index (χ1n) is 8.30. The van der Waals surface area contributed by atoms with E-state index in [0.29, 0.717) is 0 Å². The van der Waals surface area contributed by atoms with Crippen molar-refractivity contribution in [1.82, 2.24) is 0 Å². The van der Waals surface area contributed by atoms with Crippen molar-refractivity contribution in [3.8, 4) is 11.5 Å². The number of rotatable bonds is 5. The van der Waals surface area contributed by atoms with Crippen molar-refractivity contribution in [3.05, 3.63) is 79.2 Å². The Kier molecular flexibility index (Phi) is 12.1. The molecule has 1 N–H and O–H groups in total. The summed E-state index contributed by atoms with van der Waals surface area (Å²) in [6, 6.07) is 16.2. The molecule has 0 bridgehead atoms. The van der Waals surface area contributed by atoms with Crippen molar-refractivity contribution in [1.29, 1.82) is 0 Å². The molecule has 2 aromatic rings. The lowest BCUT2D eigenvalue weighted by atomic mass is 10.1. The molecule has 1 atom stereocenters. The van der Waals surface area contributed by atoms with Gasteiger partial charge in [0.25, 0.3) is 0 Å². The van der Waals surface area contributed by atoms with Crippen molar-refractivity contribution in [3.63, 3.8) is 0 Å². The zero-order chi connectivity index (χ0) is 19.9. The van der Waals surface area contributed by atoms with Gasteiger partial charge in [0.15, 0.2) is 0 Å². The first-order chi connectivity index (χ1) is 12.4. The number of ether oxygens (including phenoxy) is 2. The number of nitrogens with one attached hydrogen (secondary N) is 1. The molecule has 0 spiro atoms. The Bertz CT molecular complexity index is 632. The summed E-state index contributed by atoms with van der Waals surface area (Å²) in [5, 5.41) is 3.45. The number of benzene rings is 2. The summed E-state index contributed by atoms with van der Waals surface area (Å²) >= 11 is 0. The molecule has 142 valence electrons. The van der Waals surface area contributed by atoms with Crippen LogP contribution >= 0.6 is 0 Å². The van der Waals surface area contributed by atoms with Crippen molar-refractivity contribution in [2.45, 2.75) is 26.8 Å². The van der Waals surface area contributed by atoms with Gasteiger partial charge < -0.3 is 14.8 Å². The monoisotopic (exact) mass is 359 g/mol. The third-order valence-electron chi connectivity index (χ3n) is 3.09. The number of hydrogen-bond donors (Lipinski definition) is 1. The van der Waals surface area contributed by atoms with E-state index in [0.717, 1.165) is 17.2 Å². The molecule has 0 amide bonds. The molecule has 3 nitrogen and oxygen atoms in total. The fourth-order valence-electron chi connectivity index (χ4n) is 1.91. The Morgan fingerprint density at radius 3 is 1.69 bits per heavy atom. The van der Waals surface area contributed by atoms with E-state index in [-0.39, 0.29) is 11.9 Å². The Balaban J connectivity index is 0.000000770. The average Bonchev–Trinajstić information content (AvgIpc) is 2.62. The van der Waals surface area contributed by atoms with Crippen LogP contribution in [0.3, 0.4) is 0 Å². The van der Waals surface area contributed by atoms with E-state index in [1.807, 2.05) is 43.3 Å². The van der Waals surface area contributed by atoms with Gasteiger partial charge in [-0.15, -0.1) is 6.58 Å². The molecule has 0 saturated carbocycles. The molecule has 0 aliphatic heterocycles. The SMILES string of the molecule is C=C(C)F.C=CC.COc1ccc(NC(C)c2ccc(OC)cc2)cc1. The van der Waals surface area contributed by atoms with Gasteiger partial charge in [0, 0.05) is 11.7 Å². The summed E-state index contributed by atoms with van der Waals surface area (Å²) in [5.74, 6) is 1.41. The number of halogens is 1. The van der Waals surface area contributed by atoms with Crippen LogP contribution in [0.4, 0.5) is 10.1 Å². The van der Waals surface area contributed by atoms with E-state index in [2.05, 4.69) is 37.5 Å². The second kappa shape index (κ2) is 13.5. The van der Waals surface area contributed by atoms with E-state index in [4.69, 9.17) is 9.47 Å². The minimum atomic E-state index is -0.333. The maximum atomic E-state index is 10.8. The van der Waals surface area contributed by atoms with Crippen molar-refractivity contribution >= 4 is 5.69 Å². The molecule has 0 aliphatic carbocycles. The number of methoxy groups -OCH3 is 2. The summed E-state index contributed by atoms with van der Waals surface area (Å²) in [6.07, 6.45) is 1.75. The molecule has 0 radical (unpaired) electrons. The maximum absolute atomic E-state index is 10.8. The second-order valence-electron chi connectivity index (χ2n) is 5.45. The maximum Gasteiger partial charge on any atom is 0.119 e. The molecule has 0 saturated heterocycles. The largest absolute Gasteiger partial charge is 0.497 e. The fourth-order valence-corrected chi connectivity index (χ4v) is 1.91. The molecule has 0 heterocycles. The van der Waals surface area contributed by atoms with Crippen molar-refractivity contribution in [2.24, 2.45) is 0 Å². The molecule has 0 aliphatic rings. The predicted octanol–water partition coefficient (Wildman–Crippen LogP) is 6.56. The predicted molar refractivity (Wildman–Crippen MR) is 110 cm³/mol. The molecule has 26 heavy (non-hydrogen) atoms. The number of allylic oxidation sites excluding steroid dienone is 2. The third-order valence-corrected chi connectivity index (χ3v) is 3.09. The third kappa shape index (κ3) is 10.2. The van der Waals surface area contributed by atoms with Gasteiger partial charge in [0.1, 0.15) is 11.5 Å². The normalized spacial score (nSPS) is 10.1. The van der Waals surface area contributed by atoms with Crippen LogP contribution in [0.2, 0.25) is 0 Å². The molecular formula is C22H30FNO2. The smallest absolute Gasteiger partial charge is 0.119 e. The molecule has 0 fully saturated rings. The lowest BCUT2D eigenvalue weighted by molar-refractivity contribution is 0.414. The van der Waals surface area contributed by atoms with Crippen LogP contribution in [0.25, 0.3) is 0 Å². The molecule has 2 aromatic carbocycles. The standard InChI is InChI=1S/C16H19NO2.C3H5F.C3H6/c1-12(13-4-8-15(18-2)9-5-13)17-14-6-10-16(19-3)11-7-14;1-3(2)4;1-3-2/h4-12,17H,1-3H3;1H2,2H3;3H,1H2,2H3. The van der Waals surface area contributed by atoms with Crippen molar-refractivity contribution in [2.75, 3.05) is 19.5 Å². The molecule has 2 rings (SSSR count). The summed E-state index contributed by atoms with van der Waals surface area (Å²) in [6.45, 7) is 11.6. The average molecular weight is 359 g/mol. The van der Waals surface area contributed by atoms with Crippen LogP contribution in [0.15, 0.2) is 73.6 Å². The zero-order valence-electron chi connectivity index (χ0n) is 16.4. The second-order valence-corrected chi connectivity index (χ2v) is 5.45. The fraction of sp³-hybridized carbons (Fsp3) is 0.273. The van der Waals surface area contributed by atoms with Crippen LogP contribution < -0.4 is 14.8 Å². The highest BCUT2D eigenvalue weighted by Crippen LogP contribution is 2.23. The van der Waals surface area contributed by atoms with Gasteiger partial charge in [0.05, 0.1) is 20.0 Å². The van der Waals surface area contributed by atoms with Gasteiger partial charge in [0.2, 0.25) is 0 Å². The van der Waals surface area contributed by atoms with Gasteiger partial charge in [-0.25, -0.2) is 4.39 Å². The quantitative estimate of drug-likeness (QED) is 0.613. The van der Waals surface area contributed by atoms with Gasteiger partial charge in [-0.05, 0) is 62.7 Å². The van der Waals surface area contributed by atoms with Crippen LogP contribution in [0.1, 0.15) is 32.4 Å². The lowest BCUT2D eigenvalue weighted by Gasteiger charge is -2.16. The minimum absolute atomic E-state index is 0.235. The first-order valence-corrected chi connectivity index (χ1v) is 8.30. The Morgan fingerprint density at radius 1 is 1.00 bits per heavy atom. The summed E-state index contributed by atoms with van der Waals surface area (Å²) in [7, 11) is 3.34. The first kappa shape index (κ1) is 23.2. The van der Waals surface area contributed by atoms with Crippen molar-refractivity contribution < 1.29 is 13.9 Å². The Labute approximate surface area is 157 Å². The van der Waals surface area contributed by atoms with Crippen LogP contribution in [-0.4, -0.2) is 14.2 Å². The minimum Gasteiger partial charge on any atom is -0.497 e. The molecule has 1 unspecified atom stereocenters. The number of anilines is 1. The zero-order valence-corrected chi connectivity index (χ0v) is 16.4. The van der Waals surface area contributed by atoms with Crippen LogP contribution in [0.5, 0.6) is 11.5 Å². The highest BCUT2D eigenvalue weighted by Gasteiger charge is 2.05. The topological polar surface area (TPSA) is 30.5 Å². The van der Waals surface area contributed by atoms with E-state index >= 15 is 0 Å². The van der Waals surface area contributed by atoms with Crippen LogP contribution in [0, 0.1) is 0 Å². The summed E-state index contributed by atoms with van der Waals surface area (Å²) < 4.78 is 21.1. The van der Waals surface area contributed by atoms with E-state index in [1.165, 1.54) is 12.5 Å². The van der Waals surface area contributed by atoms with E-state index in [1.54, 1.807) is 20.3 Å². The summed E-state index contributed by atoms with van der Waals surface area (Å²) in [4.78, 5) is 0. The Morgan fingerprint density at radius 2 is 1.35 bits per heavy atom. The molecular weight excluding hydrogens is 329 g/mol. The van der Waals surface area contributed by atoms with E-state index < -0.39 is 0 Å². The number of hydrogen-bond acceptors (Lipinski definition) is 3. The van der Waals surface area contributed by atoms with Gasteiger partial charge in [-0.1, -0.05) is 24.8 Å². The van der Waals surface area contributed by atoms with Crippen LogP contribution in [-0.2, 0) is 0 Å². The van der Waals surface area contributed by atoms with Gasteiger partial charge >= 0.3 is 0 Å². The van der Waals surface area contributed by atoms with E-state index in [9.17, 15) is 4.39 Å². The highest BCUT2D eigenvalue weighted by atomic mass is 19.1. The summed E-state index contributed by atoms with van der Waals surface area (Å²) in [5.41, 5.74) is 2.29.